The van der Waals surface area contributed by atoms with Crippen molar-refractivity contribution in [2.45, 2.75) is 52.4 Å². The summed E-state index contributed by atoms with van der Waals surface area (Å²) in [5.41, 5.74) is 12.1. The minimum absolute atomic E-state index is 0.0263. The van der Waals surface area contributed by atoms with E-state index in [0.29, 0.717) is 11.1 Å². The number of nitriles is 2. The van der Waals surface area contributed by atoms with Gasteiger partial charge in [-0.05, 0) is 112 Å². The van der Waals surface area contributed by atoms with E-state index < -0.39 is 0 Å². The molecule has 0 N–H and O–H groups in total. The molecule has 0 aliphatic heterocycles. The topological polar surface area (TPSA) is 57.4 Å². The van der Waals surface area contributed by atoms with Crippen LogP contribution < -0.4 is 0 Å². The first-order valence-electron chi connectivity index (χ1n) is 17.1. The molecule has 242 valence electrons. The van der Waals surface area contributed by atoms with Gasteiger partial charge in [0.1, 0.15) is 6.07 Å². The first-order valence-corrected chi connectivity index (χ1v) is 17.1. The lowest BCUT2D eigenvalue weighted by atomic mass is 9.86. The number of rotatable bonds is 3. The van der Waals surface area contributed by atoms with Crippen LogP contribution in [0.1, 0.15) is 63.8 Å². The fraction of sp³-hybridized carbons (Fsp3) is 0.174. The highest BCUT2D eigenvalue weighted by Crippen LogP contribution is 2.40. The maximum atomic E-state index is 10.1. The average Bonchev–Trinajstić information content (AvgIpc) is 3.62. The molecule has 0 radical (unpaired) electrons. The lowest BCUT2D eigenvalue weighted by Gasteiger charge is -2.19. The standard InChI is InChI=1S/C46H38N4/c1-45(2,3)33-15-20-42-38(25-33)36-23-30(13-18-41(36)49(42)35-10-8-7-9-11-35)31-14-19-43-37(24-31)39-26-34(46(4,5)6)16-21-44(39)50(43)40-17-12-29(27-47)22-32(40)28-48/h7-26H,1-6H3. The molecule has 0 unspecified atom stereocenters. The van der Waals surface area contributed by atoms with Crippen LogP contribution in [-0.2, 0) is 10.8 Å². The van der Waals surface area contributed by atoms with E-state index in [2.05, 4.69) is 166 Å². The summed E-state index contributed by atoms with van der Waals surface area (Å²) in [7, 11) is 0. The molecule has 8 rings (SSSR count). The zero-order chi connectivity index (χ0) is 34.9. The molecule has 0 atom stereocenters. The van der Waals surface area contributed by atoms with Crippen molar-refractivity contribution in [2.24, 2.45) is 0 Å². The molecule has 0 saturated carbocycles. The van der Waals surface area contributed by atoms with E-state index in [1.165, 1.54) is 32.9 Å². The molecular weight excluding hydrogens is 609 g/mol. The summed E-state index contributed by atoms with van der Waals surface area (Å²) in [5, 5.41) is 24.4. The monoisotopic (exact) mass is 646 g/mol. The Morgan fingerprint density at radius 1 is 0.460 bits per heavy atom. The molecule has 0 amide bonds. The van der Waals surface area contributed by atoms with Crippen LogP contribution in [0, 0.1) is 22.7 Å². The smallest absolute Gasteiger partial charge is 0.101 e. The average molecular weight is 647 g/mol. The van der Waals surface area contributed by atoms with Crippen LogP contribution in [0.2, 0.25) is 0 Å². The predicted molar refractivity (Wildman–Crippen MR) is 207 cm³/mol. The number of benzene rings is 6. The van der Waals surface area contributed by atoms with E-state index in [1.807, 2.05) is 6.07 Å². The van der Waals surface area contributed by atoms with Gasteiger partial charge in [0.2, 0.25) is 0 Å². The third-order valence-corrected chi connectivity index (χ3v) is 10.1. The van der Waals surface area contributed by atoms with Gasteiger partial charge < -0.3 is 9.13 Å². The largest absolute Gasteiger partial charge is 0.309 e. The molecule has 8 aromatic rings. The van der Waals surface area contributed by atoms with Crippen molar-refractivity contribution >= 4 is 43.6 Å². The fourth-order valence-corrected chi connectivity index (χ4v) is 7.34. The van der Waals surface area contributed by atoms with E-state index in [4.69, 9.17) is 0 Å². The molecule has 0 fully saturated rings. The molecule has 0 bridgehead atoms. The maximum absolute atomic E-state index is 10.1. The molecule has 4 nitrogen and oxygen atoms in total. The zero-order valence-electron chi connectivity index (χ0n) is 29.3. The lowest BCUT2D eigenvalue weighted by Crippen LogP contribution is -2.10. The van der Waals surface area contributed by atoms with Crippen molar-refractivity contribution in [2.75, 3.05) is 0 Å². The van der Waals surface area contributed by atoms with Crippen molar-refractivity contribution in [3.63, 3.8) is 0 Å². The molecule has 2 aromatic heterocycles. The Balaban J connectivity index is 1.39. The number of para-hydroxylation sites is 1. The second kappa shape index (κ2) is 11.2. The van der Waals surface area contributed by atoms with Gasteiger partial charge in [-0.1, -0.05) is 84.0 Å². The van der Waals surface area contributed by atoms with Gasteiger partial charge in [-0.25, -0.2) is 0 Å². The third-order valence-electron chi connectivity index (χ3n) is 10.1. The first kappa shape index (κ1) is 31.2. The zero-order valence-corrected chi connectivity index (χ0v) is 29.3. The fourth-order valence-electron chi connectivity index (χ4n) is 7.34. The highest BCUT2D eigenvalue weighted by molar-refractivity contribution is 6.13. The van der Waals surface area contributed by atoms with E-state index >= 15 is 0 Å². The third kappa shape index (κ3) is 4.96. The minimum Gasteiger partial charge on any atom is -0.309 e. The molecular formula is C46H38N4. The Hall–Kier alpha value is -6.10. The van der Waals surface area contributed by atoms with Crippen LogP contribution in [0.5, 0.6) is 0 Å². The highest BCUT2D eigenvalue weighted by atomic mass is 15.0. The molecule has 6 aromatic carbocycles. The van der Waals surface area contributed by atoms with Crippen molar-refractivity contribution < 1.29 is 0 Å². The number of hydrogen-bond donors (Lipinski definition) is 0. The van der Waals surface area contributed by atoms with Gasteiger partial charge in [-0.15, -0.1) is 0 Å². The van der Waals surface area contributed by atoms with Gasteiger partial charge in [0.15, 0.2) is 0 Å². The van der Waals surface area contributed by atoms with Gasteiger partial charge in [0, 0.05) is 27.2 Å². The summed E-state index contributed by atoms with van der Waals surface area (Å²) in [6, 6.07) is 47.6. The Morgan fingerprint density at radius 2 is 0.940 bits per heavy atom. The van der Waals surface area contributed by atoms with Gasteiger partial charge in [-0.2, -0.15) is 10.5 Å². The number of nitrogens with zero attached hydrogens (tertiary/aromatic N) is 4. The Labute approximate surface area is 293 Å². The minimum atomic E-state index is -0.0314. The Bertz CT molecular complexity index is 2730. The van der Waals surface area contributed by atoms with Gasteiger partial charge in [0.25, 0.3) is 0 Å². The molecule has 0 spiro atoms. The van der Waals surface area contributed by atoms with Crippen LogP contribution in [0.3, 0.4) is 0 Å². The number of fused-ring (bicyclic) bond motifs is 6. The Morgan fingerprint density at radius 3 is 1.42 bits per heavy atom. The second-order valence-electron chi connectivity index (χ2n) is 15.4. The molecule has 0 saturated heterocycles. The predicted octanol–water partition coefficient (Wildman–Crippen LogP) is 11.9. The van der Waals surface area contributed by atoms with Crippen molar-refractivity contribution in [3.05, 3.63) is 144 Å². The molecule has 0 aliphatic rings. The molecule has 50 heavy (non-hydrogen) atoms. The van der Waals surface area contributed by atoms with Gasteiger partial charge >= 0.3 is 0 Å². The summed E-state index contributed by atoms with van der Waals surface area (Å²) < 4.78 is 4.54. The Kier molecular flexibility index (Phi) is 7.00. The van der Waals surface area contributed by atoms with Crippen molar-refractivity contribution in [3.8, 4) is 34.6 Å². The van der Waals surface area contributed by atoms with Crippen LogP contribution in [0.4, 0.5) is 0 Å². The van der Waals surface area contributed by atoms with Gasteiger partial charge in [0.05, 0.1) is 45.0 Å². The summed E-state index contributed by atoms with van der Waals surface area (Å²) in [5.74, 6) is 0. The van der Waals surface area contributed by atoms with Crippen molar-refractivity contribution in [1.29, 1.82) is 10.5 Å². The number of hydrogen-bond acceptors (Lipinski definition) is 2. The summed E-state index contributed by atoms with van der Waals surface area (Å²) in [4.78, 5) is 0. The van der Waals surface area contributed by atoms with E-state index in [9.17, 15) is 10.5 Å². The van der Waals surface area contributed by atoms with Crippen LogP contribution in [-0.4, -0.2) is 9.13 Å². The first-order chi connectivity index (χ1) is 24.0. The van der Waals surface area contributed by atoms with E-state index in [0.717, 1.165) is 44.3 Å². The number of aromatic nitrogens is 2. The maximum Gasteiger partial charge on any atom is 0.101 e. The van der Waals surface area contributed by atoms with Crippen LogP contribution >= 0.6 is 0 Å². The SMILES string of the molecule is CC(C)(C)c1ccc2c(c1)c1cc(-c3ccc4c(c3)c3cc(C(C)(C)C)ccc3n4-c3ccc(C#N)cc3C#N)ccc1n2-c1ccccc1. The molecule has 2 heterocycles. The summed E-state index contributed by atoms with van der Waals surface area (Å²) in [6.07, 6.45) is 0. The quantitative estimate of drug-likeness (QED) is 0.192. The summed E-state index contributed by atoms with van der Waals surface area (Å²) in [6.45, 7) is 13.5. The molecule has 4 heteroatoms. The summed E-state index contributed by atoms with van der Waals surface area (Å²) >= 11 is 0. The van der Waals surface area contributed by atoms with Crippen LogP contribution in [0.15, 0.2) is 121 Å². The van der Waals surface area contributed by atoms with Crippen LogP contribution in [0.25, 0.3) is 66.1 Å². The molecule has 0 aliphatic carbocycles. The highest BCUT2D eigenvalue weighted by Gasteiger charge is 2.22. The van der Waals surface area contributed by atoms with Gasteiger partial charge in [-0.3, -0.25) is 0 Å². The second-order valence-corrected chi connectivity index (χ2v) is 15.4. The van der Waals surface area contributed by atoms with Crippen molar-refractivity contribution in [1.82, 2.24) is 9.13 Å². The van der Waals surface area contributed by atoms with E-state index in [-0.39, 0.29) is 10.8 Å². The lowest BCUT2D eigenvalue weighted by molar-refractivity contribution is 0.591. The normalized spacial score (nSPS) is 12.2. The van der Waals surface area contributed by atoms with E-state index in [1.54, 1.807) is 12.1 Å².